The van der Waals surface area contributed by atoms with E-state index in [0.717, 1.165) is 54.1 Å². The van der Waals surface area contributed by atoms with Crippen LogP contribution in [0.2, 0.25) is 0 Å². The standard InChI is InChI=1S/C12H14BrN5/c13-10-2-1-3-18-11(10)15-12(16-18)17-6-8-4-14-5-9(8)7-17/h1-3,8-9,14H,4-7H2. The molecule has 6 heteroatoms. The molecule has 2 aliphatic rings. The summed E-state index contributed by atoms with van der Waals surface area (Å²) in [5, 5.41) is 8.02. The van der Waals surface area contributed by atoms with Crippen LogP contribution in [0.5, 0.6) is 0 Å². The van der Waals surface area contributed by atoms with Crippen molar-refractivity contribution in [1.82, 2.24) is 19.9 Å². The van der Waals surface area contributed by atoms with E-state index < -0.39 is 0 Å². The molecular formula is C12H14BrN5. The third-order valence-corrected chi connectivity index (χ3v) is 4.59. The number of hydrogen-bond donors (Lipinski definition) is 1. The van der Waals surface area contributed by atoms with Crippen molar-refractivity contribution < 1.29 is 0 Å². The first-order valence-corrected chi connectivity index (χ1v) is 7.07. The van der Waals surface area contributed by atoms with Crippen LogP contribution in [-0.4, -0.2) is 40.8 Å². The molecule has 0 amide bonds. The van der Waals surface area contributed by atoms with Crippen molar-refractivity contribution in [3.63, 3.8) is 0 Å². The Kier molecular flexibility index (Phi) is 2.35. The molecule has 0 aromatic carbocycles. The minimum atomic E-state index is 0.764. The van der Waals surface area contributed by atoms with Crippen molar-refractivity contribution in [2.75, 3.05) is 31.1 Å². The van der Waals surface area contributed by atoms with E-state index in [-0.39, 0.29) is 0 Å². The fourth-order valence-corrected chi connectivity index (χ4v) is 3.44. The Labute approximate surface area is 113 Å². The summed E-state index contributed by atoms with van der Waals surface area (Å²) < 4.78 is 2.83. The third kappa shape index (κ3) is 1.55. The Morgan fingerprint density at radius 1 is 1.28 bits per heavy atom. The van der Waals surface area contributed by atoms with Crippen LogP contribution in [0.15, 0.2) is 22.8 Å². The maximum atomic E-state index is 4.63. The van der Waals surface area contributed by atoms with E-state index in [1.807, 2.05) is 22.8 Å². The maximum absolute atomic E-state index is 4.63. The molecule has 94 valence electrons. The molecular weight excluding hydrogens is 294 g/mol. The Morgan fingerprint density at radius 2 is 2.06 bits per heavy atom. The van der Waals surface area contributed by atoms with Gasteiger partial charge in [-0.05, 0) is 39.9 Å². The van der Waals surface area contributed by atoms with E-state index in [9.17, 15) is 0 Å². The van der Waals surface area contributed by atoms with Gasteiger partial charge < -0.3 is 10.2 Å². The van der Waals surface area contributed by atoms with Gasteiger partial charge in [-0.1, -0.05) is 0 Å². The SMILES string of the molecule is Brc1cccn2nc(N3CC4CNCC4C3)nc12. The Morgan fingerprint density at radius 3 is 2.78 bits per heavy atom. The highest BCUT2D eigenvalue weighted by molar-refractivity contribution is 9.10. The number of hydrogen-bond acceptors (Lipinski definition) is 4. The van der Waals surface area contributed by atoms with Gasteiger partial charge in [0.15, 0.2) is 5.65 Å². The van der Waals surface area contributed by atoms with Crippen molar-refractivity contribution in [1.29, 1.82) is 0 Å². The van der Waals surface area contributed by atoms with Crippen molar-refractivity contribution in [2.24, 2.45) is 11.8 Å². The van der Waals surface area contributed by atoms with Gasteiger partial charge in [0, 0.05) is 32.4 Å². The minimum absolute atomic E-state index is 0.764. The second-order valence-corrected chi connectivity index (χ2v) is 5.97. The lowest BCUT2D eigenvalue weighted by Gasteiger charge is -2.14. The molecule has 1 N–H and O–H groups in total. The lowest BCUT2D eigenvalue weighted by atomic mass is 10.0. The smallest absolute Gasteiger partial charge is 0.245 e. The molecule has 4 rings (SSSR count). The Hall–Kier alpha value is -1.14. The van der Waals surface area contributed by atoms with Crippen LogP contribution < -0.4 is 10.2 Å². The van der Waals surface area contributed by atoms with Gasteiger partial charge in [-0.25, -0.2) is 4.52 Å². The minimum Gasteiger partial charge on any atom is -0.339 e. The molecule has 0 bridgehead atoms. The van der Waals surface area contributed by atoms with Crippen molar-refractivity contribution in [2.45, 2.75) is 0 Å². The molecule has 5 nitrogen and oxygen atoms in total. The van der Waals surface area contributed by atoms with Gasteiger partial charge >= 0.3 is 0 Å². The summed E-state index contributed by atoms with van der Waals surface area (Å²) in [4.78, 5) is 6.95. The summed E-state index contributed by atoms with van der Waals surface area (Å²) >= 11 is 3.52. The number of fused-ring (bicyclic) bond motifs is 2. The number of aromatic nitrogens is 3. The first-order valence-electron chi connectivity index (χ1n) is 6.28. The number of nitrogens with one attached hydrogen (secondary N) is 1. The summed E-state index contributed by atoms with van der Waals surface area (Å²) in [5.74, 6) is 2.39. The first kappa shape index (κ1) is 10.8. The molecule has 0 saturated carbocycles. The largest absolute Gasteiger partial charge is 0.339 e. The average Bonchev–Trinajstić information content (AvgIpc) is 3.01. The topological polar surface area (TPSA) is 45.5 Å². The zero-order chi connectivity index (χ0) is 12.1. The van der Waals surface area contributed by atoms with E-state index in [0.29, 0.717) is 0 Å². The zero-order valence-corrected chi connectivity index (χ0v) is 11.5. The Bertz CT molecular complexity index is 583. The van der Waals surface area contributed by atoms with Crippen LogP contribution >= 0.6 is 15.9 Å². The predicted octanol–water partition coefficient (Wildman–Crippen LogP) is 1.15. The highest BCUT2D eigenvalue weighted by atomic mass is 79.9. The highest BCUT2D eigenvalue weighted by Crippen LogP contribution is 2.29. The zero-order valence-electron chi connectivity index (χ0n) is 9.88. The molecule has 0 spiro atoms. The van der Waals surface area contributed by atoms with Crippen molar-refractivity contribution >= 4 is 27.5 Å². The van der Waals surface area contributed by atoms with Crippen LogP contribution in [0.4, 0.5) is 5.95 Å². The van der Waals surface area contributed by atoms with Crippen LogP contribution in [0.1, 0.15) is 0 Å². The van der Waals surface area contributed by atoms with Crippen molar-refractivity contribution in [3.8, 4) is 0 Å². The lowest BCUT2D eigenvalue weighted by molar-refractivity contribution is 0.533. The number of nitrogens with zero attached hydrogens (tertiary/aromatic N) is 4. The maximum Gasteiger partial charge on any atom is 0.245 e. The monoisotopic (exact) mass is 307 g/mol. The second-order valence-electron chi connectivity index (χ2n) is 5.12. The fraction of sp³-hybridized carbons (Fsp3) is 0.500. The van der Waals surface area contributed by atoms with E-state index in [1.165, 1.54) is 0 Å². The van der Waals surface area contributed by atoms with Crippen molar-refractivity contribution in [3.05, 3.63) is 22.8 Å². The molecule has 4 heterocycles. The van der Waals surface area contributed by atoms with Gasteiger partial charge in [-0.3, -0.25) is 0 Å². The summed E-state index contributed by atoms with van der Waals surface area (Å²) in [5.41, 5.74) is 0.891. The summed E-state index contributed by atoms with van der Waals surface area (Å²) in [6.45, 7) is 4.43. The lowest BCUT2D eigenvalue weighted by Crippen LogP contribution is -2.26. The Balaban J connectivity index is 1.69. The molecule has 2 unspecified atom stereocenters. The number of pyridine rings is 1. The van der Waals surface area contributed by atoms with E-state index >= 15 is 0 Å². The number of anilines is 1. The van der Waals surface area contributed by atoms with Crippen LogP contribution in [0.25, 0.3) is 5.65 Å². The fourth-order valence-electron chi connectivity index (χ4n) is 3.02. The molecule has 18 heavy (non-hydrogen) atoms. The average molecular weight is 308 g/mol. The number of halogens is 1. The van der Waals surface area contributed by atoms with E-state index in [1.54, 1.807) is 0 Å². The molecule has 2 fully saturated rings. The molecule has 2 saturated heterocycles. The van der Waals surface area contributed by atoms with Gasteiger partial charge in [0.05, 0.1) is 4.47 Å². The van der Waals surface area contributed by atoms with Gasteiger partial charge in [0.1, 0.15) is 0 Å². The predicted molar refractivity (Wildman–Crippen MR) is 72.7 cm³/mol. The number of rotatable bonds is 1. The molecule has 0 radical (unpaired) electrons. The van der Waals surface area contributed by atoms with Crippen LogP contribution in [0, 0.1) is 11.8 Å². The third-order valence-electron chi connectivity index (χ3n) is 3.98. The highest BCUT2D eigenvalue weighted by Gasteiger charge is 2.37. The normalized spacial score (nSPS) is 27.1. The van der Waals surface area contributed by atoms with Gasteiger partial charge in [0.25, 0.3) is 0 Å². The summed E-state index contributed by atoms with van der Waals surface area (Å²) in [6.07, 6.45) is 1.94. The van der Waals surface area contributed by atoms with Gasteiger partial charge in [0.2, 0.25) is 5.95 Å². The summed E-state index contributed by atoms with van der Waals surface area (Å²) in [7, 11) is 0. The quantitative estimate of drug-likeness (QED) is 0.858. The van der Waals surface area contributed by atoms with E-state index in [2.05, 4.69) is 36.2 Å². The van der Waals surface area contributed by atoms with Crippen LogP contribution in [-0.2, 0) is 0 Å². The second kappa shape index (κ2) is 3.93. The molecule has 2 aliphatic heterocycles. The summed E-state index contributed by atoms with van der Waals surface area (Å²) in [6, 6.07) is 3.97. The molecule has 2 aromatic heterocycles. The van der Waals surface area contributed by atoms with Gasteiger partial charge in [-0.2, -0.15) is 4.98 Å². The first-order chi connectivity index (χ1) is 8.81. The van der Waals surface area contributed by atoms with Gasteiger partial charge in [-0.15, -0.1) is 5.10 Å². The van der Waals surface area contributed by atoms with E-state index in [4.69, 9.17) is 0 Å². The molecule has 2 aromatic rings. The van der Waals surface area contributed by atoms with Crippen LogP contribution in [0.3, 0.4) is 0 Å². The molecule has 2 atom stereocenters. The molecule has 0 aliphatic carbocycles.